The molecule has 42 heavy (non-hydrogen) atoms. The molecule has 1 amide bonds. The molecule has 10 heteroatoms. The molecule has 0 radical (unpaired) electrons. The van der Waals surface area contributed by atoms with Gasteiger partial charge < -0.3 is 34.4 Å². The summed E-state index contributed by atoms with van der Waals surface area (Å²) in [5, 5.41) is 5.89. The minimum absolute atomic E-state index is 0.0121. The molecule has 0 saturated carbocycles. The Bertz CT molecular complexity index is 1440. The number of likely N-dealkylation sites (tertiary alicyclic amines) is 1. The van der Waals surface area contributed by atoms with Gasteiger partial charge in [-0.25, -0.2) is 4.98 Å². The third kappa shape index (κ3) is 5.87. The number of benzene rings is 2. The molecule has 0 unspecified atom stereocenters. The molecule has 0 bridgehead atoms. The molecule has 0 aliphatic carbocycles. The number of anilines is 3. The number of ether oxygens (including phenoxy) is 2. The monoisotopic (exact) mass is 571 g/mol. The van der Waals surface area contributed by atoms with Gasteiger partial charge in [-0.1, -0.05) is 30.8 Å². The van der Waals surface area contributed by atoms with Crippen molar-refractivity contribution in [1.29, 1.82) is 0 Å². The lowest BCUT2D eigenvalue weighted by atomic mass is 10.0. The Kier molecular flexibility index (Phi) is 8.43. The lowest BCUT2D eigenvalue weighted by Crippen LogP contribution is -2.49. The predicted molar refractivity (Wildman–Crippen MR) is 166 cm³/mol. The zero-order valence-electron chi connectivity index (χ0n) is 24.7. The summed E-state index contributed by atoms with van der Waals surface area (Å²) in [4.78, 5) is 31.4. The van der Waals surface area contributed by atoms with E-state index in [4.69, 9.17) is 19.4 Å². The number of amides is 1. The fraction of sp³-hybridized carbons (Fsp3) is 0.469. The molecule has 3 aliphatic rings. The summed E-state index contributed by atoms with van der Waals surface area (Å²) >= 11 is 0. The molecule has 10 nitrogen and oxygen atoms in total. The van der Waals surface area contributed by atoms with Crippen molar-refractivity contribution >= 4 is 34.1 Å². The molecule has 1 atom stereocenters. The molecule has 0 spiro atoms. The summed E-state index contributed by atoms with van der Waals surface area (Å²) in [7, 11) is 3.82. The number of carbonyl (C=O) groups excluding carboxylic acids is 1. The largest absolute Gasteiger partial charge is 0.467 e. The maximum absolute atomic E-state index is 12.2. The maximum Gasteiger partial charge on any atom is 0.246 e. The first-order chi connectivity index (χ1) is 20.5. The van der Waals surface area contributed by atoms with E-state index in [1.54, 1.807) is 7.11 Å². The standard InChI is InChI=1S/C32H41N7O3/c1-4-30(40)37-14-16-38(17-15-37)31-27-11-13-39(21-28(27)34-32(35-31)33-20-24-9-7-12-36(24)2)29-19-25(42-22-41-3)18-23-8-5-6-10-26(23)29/h4-6,8,10,18-19,24H,1,7,9,11-17,20-22H2,2-3H3,(H,33,34,35)/t24-/m0/s1. The Balaban J connectivity index is 1.31. The molecule has 3 aliphatic heterocycles. The first-order valence-corrected chi connectivity index (χ1v) is 14.9. The van der Waals surface area contributed by atoms with Gasteiger partial charge in [0.2, 0.25) is 11.9 Å². The number of rotatable bonds is 9. The zero-order valence-corrected chi connectivity index (χ0v) is 24.7. The van der Waals surface area contributed by atoms with Crippen molar-refractivity contribution in [3.63, 3.8) is 0 Å². The van der Waals surface area contributed by atoms with Crippen molar-refractivity contribution in [3.05, 3.63) is 60.3 Å². The van der Waals surface area contributed by atoms with Crippen LogP contribution in [0.3, 0.4) is 0 Å². The highest BCUT2D eigenvalue weighted by molar-refractivity contribution is 5.96. The van der Waals surface area contributed by atoms with E-state index in [0.29, 0.717) is 31.6 Å². The van der Waals surface area contributed by atoms with Gasteiger partial charge in [0.15, 0.2) is 6.79 Å². The molecule has 2 fully saturated rings. The molecule has 1 aromatic heterocycles. The van der Waals surface area contributed by atoms with Crippen LogP contribution >= 0.6 is 0 Å². The molecule has 2 saturated heterocycles. The second-order valence-corrected chi connectivity index (χ2v) is 11.4. The second-order valence-electron chi connectivity index (χ2n) is 11.4. The first kappa shape index (κ1) is 28.2. The number of piperazine rings is 1. The smallest absolute Gasteiger partial charge is 0.246 e. The highest BCUT2D eigenvalue weighted by atomic mass is 16.7. The number of nitrogens with zero attached hydrogens (tertiary/aromatic N) is 6. The van der Waals surface area contributed by atoms with E-state index in [-0.39, 0.29) is 12.7 Å². The minimum atomic E-state index is -0.0121. The number of fused-ring (bicyclic) bond motifs is 2. The molecular weight excluding hydrogens is 530 g/mol. The van der Waals surface area contributed by atoms with Crippen molar-refractivity contribution in [1.82, 2.24) is 19.8 Å². The van der Waals surface area contributed by atoms with Crippen molar-refractivity contribution < 1.29 is 14.3 Å². The Morgan fingerprint density at radius 3 is 2.69 bits per heavy atom. The van der Waals surface area contributed by atoms with Gasteiger partial charge in [0.25, 0.3) is 0 Å². The number of methoxy groups -OCH3 is 1. The number of aromatic nitrogens is 2. The van der Waals surface area contributed by atoms with Gasteiger partial charge >= 0.3 is 0 Å². The lowest BCUT2D eigenvalue weighted by molar-refractivity contribution is -0.126. The van der Waals surface area contributed by atoms with Gasteiger partial charge in [-0.3, -0.25) is 4.79 Å². The number of nitrogens with one attached hydrogen (secondary N) is 1. The van der Waals surface area contributed by atoms with Crippen LogP contribution in [0.5, 0.6) is 5.75 Å². The molecule has 6 rings (SSSR count). The van der Waals surface area contributed by atoms with E-state index in [1.165, 1.54) is 29.9 Å². The van der Waals surface area contributed by atoms with E-state index in [9.17, 15) is 4.79 Å². The second kappa shape index (κ2) is 12.5. The average Bonchev–Trinajstić information content (AvgIpc) is 3.45. The van der Waals surface area contributed by atoms with Crippen LogP contribution in [0, 0.1) is 0 Å². The van der Waals surface area contributed by atoms with Crippen molar-refractivity contribution in [2.24, 2.45) is 0 Å². The summed E-state index contributed by atoms with van der Waals surface area (Å²) in [6.45, 7) is 10.1. The van der Waals surface area contributed by atoms with Crippen LogP contribution in [-0.2, 0) is 22.5 Å². The Morgan fingerprint density at radius 1 is 1.10 bits per heavy atom. The Morgan fingerprint density at radius 2 is 1.93 bits per heavy atom. The van der Waals surface area contributed by atoms with Crippen LogP contribution in [0.1, 0.15) is 24.1 Å². The molecular formula is C32H41N7O3. The van der Waals surface area contributed by atoms with E-state index in [1.807, 2.05) is 4.90 Å². The van der Waals surface area contributed by atoms with E-state index in [0.717, 1.165) is 67.5 Å². The Labute approximate surface area is 247 Å². The molecule has 2 aromatic carbocycles. The van der Waals surface area contributed by atoms with Crippen LogP contribution in [0.2, 0.25) is 0 Å². The fourth-order valence-electron chi connectivity index (χ4n) is 6.41. The number of hydrogen-bond acceptors (Lipinski definition) is 9. The van der Waals surface area contributed by atoms with Crippen LogP contribution in [0.25, 0.3) is 10.8 Å². The topological polar surface area (TPSA) is 86.3 Å². The number of likely N-dealkylation sites (N-methyl/N-ethyl adjacent to an activating group) is 1. The summed E-state index contributed by atoms with van der Waals surface area (Å²) in [5.74, 6) is 2.45. The summed E-state index contributed by atoms with van der Waals surface area (Å²) in [5.41, 5.74) is 3.38. The zero-order chi connectivity index (χ0) is 29.1. The van der Waals surface area contributed by atoms with Crippen molar-refractivity contribution in [2.45, 2.75) is 31.8 Å². The van der Waals surface area contributed by atoms with Gasteiger partial charge in [-0.2, -0.15) is 4.98 Å². The normalized spacial score (nSPS) is 19.2. The maximum atomic E-state index is 12.2. The summed E-state index contributed by atoms with van der Waals surface area (Å²) in [6, 6.07) is 13.1. The van der Waals surface area contributed by atoms with Gasteiger partial charge in [0.1, 0.15) is 11.6 Å². The predicted octanol–water partition coefficient (Wildman–Crippen LogP) is 3.52. The third-order valence-corrected chi connectivity index (χ3v) is 8.77. The van der Waals surface area contributed by atoms with Crippen LogP contribution in [-0.4, -0.2) is 98.5 Å². The van der Waals surface area contributed by atoms with Crippen LogP contribution in [0.15, 0.2) is 49.1 Å². The minimum Gasteiger partial charge on any atom is -0.467 e. The highest BCUT2D eigenvalue weighted by Gasteiger charge is 2.29. The summed E-state index contributed by atoms with van der Waals surface area (Å²) < 4.78 is 11.0. The van der Waals surface area contributed by atoms with Crippen molar-refractivity contribution in [2.75, 3.05) is 81.9 Å². The SMILES string of the molecule is C=CC(=O)N1CCN(c2nc(NC[C@@H]3CCCN3C)nc3c2CCN(c2cc(OCOC)cc4ccccc24)C3)CC1. The Hall–Kier alpha value is -3.89. The van der Waals surface area contributed by atoms with Crippen LogP contribution in [0.4, 0.5) is 17.5 Å². The molecule has 1 N–H and O–H groups in total. The fourth-order valence-corrected chi connectivity index (χ4v) is 6.41. The van der Waals surface area contributed by atoms with Gasteiger partial charge in [0, 0.05) is 75.1 Å². The van der Waals surface area contributed by atoms with Gasteiger partial charge in [0.05, 0.1) is 12.2 Å². The number of hydrogen-bond donors (Lipinski definition) is 1. The van der Waals surface area contributed by atoms with Crippen molar-refractivity contribution in [3.8, 4) is 5.75 Å². The average molecular weight is 572 g/mol. The quantitative estimate of drug-likeness (QED) is 0.306. The number of carbonyl (C=O) groups is 1. The molecule has 222 valence electrons. The van der Waals surface area contributed by atoms with E-state index < -0.39 is 0 Å². The first-order valence-electron chi connectivity index (χ1n) is 14.9. The highest BCUT2D eigenvalue weighted by Crippen LogP contribution is 2.36. The van der Waals surface area contributed by atoms with Gasteiger partial charge in [-0.05, 0) is 50.4 Å². The van der Waals surface area contributed by atoms with E-state index >= 15 is 0 Å². The molecule has 3 aromatic rings. The third-order valence-electron chi connectivity index (χ3n) is 8.77. The van der Waals surface area contributed by atoms with Crippen LogP contribution < -0.4 is 19.9 Å². The molecule has 4 heterocycles. The lowest BCUT2D eigenvalue weighted by Gasteiger charge is -2.38. The van der Waals surface area contributed by atoms with E-state index in [2.05, 4.69) is 70.0 Å². The van der Waals surface area contributed by atoms with Gasteiger partial charge in [-0.15, -0.1) is 0 Å². The summed E-state index contributed by atoms with van der Waals surface area (Å²) in [6.07, 6.45) is 4.64.